The number of phenolic OH excluding ortho intramolecular Hbond substituents is 1. The van der Waals surface area contributed by atoms with Crippen LogP contribution in [-0.4, -0.2) is 23.8 Å². The predicted octanol–water partition coefficient (Wildman–Crippen LogP) is 4.21. The Hall–Kier alpha value is -1.61. The number of aryl methyl sites for hydroxylation is 3. The zero-order chi connectivity index (χ0) is 18.6. The number of phenols is 1. The third kappa shape index (κ3) is 5.43. The molecule has 0 radical (unpaired) electrons. The van der Waals surface area contributed by atoms with Crippen LogP contribution in [0.3, 0.4) is 0 Å². The van der Waals surface area contributed by atoms with Gasteiger partial charge in [0.25, 0.3) is 5.91 Å². The molecule has 2 aromatic rings. The number of rotatable bonds is 5. The highest BCUT2D eigenvalue weighted by Crippen LogP contribution is 2.30. The van der Waals surface area contributed by atoms with E-state index >= 15 is 0 Å². The molecule has 2 N–H and O–H groups in total. The molecule has 0 heterocycles. The highest BCUT2D eigenvalue weighted by atomic mass is 127. The van der Waals surface area contributed by atoms with Gasteiger partial charge in [-0.05, 0) is 94.2 Å². The molecular formula is C18H18BrIN2O3. The van der Waals surface area contributed by atoms with Gasteiger partial charge in [-0.15, -0.1) is 0 Å². The normalized spacial score (nSPS) is 10.9. The van der Waals surface area contributed by atoms with Crippen LogP contribution in [0.5, 0.6) is 11.5 Å². The molecule has 0 aliphatic carbocycles. The van der Waals surface area contributed by atoms with Crippen molar-refractivity contribution in [2.75, 3.05) is 6.61 Å². The van der Waals surface area contributed by atoms with Gasteiger partial charge in [-0.3, -0.25) is 4.79 Å². The number of carbonyl (C=O) groups excluding carboxylic acids is 1. The zero-order valence-corrected chi connectivity index (χ0v) is 17.8. The van der Waals surface area contributed by atoms with Gasteiger partial charge in [0.2, 0.25) is 0 Å². The number of benzene rings is 2. The van der Waals surface area contributed by atoms with Crippen LogP contribution in [0.2, 0.25) is 0 Å². The SMILES string of the molecule is Cc1cc(C)c(OCC(=O)NN=Cc2cc(I)cc(C)c2O)c(Br)c1. The summed E-state index contributed by atoms with van der Waals surface area (Å²) in [5, 5.41) is 13.9. The highest BCUT2D eigenvalue weighted by molar-refractivity contribution is 14.1. The van der Waals surface area contributed by atoms with E-state index in [1.54, 1.807) is 6.07 Å². The molecule has 0 aliphatic heterocycles. The lowest BCUT2D eigenvalue weighted by atomic mass is 10.1. The van der Waals surface area contributed by atoms with Gasteiger partial charge in [0.05, 0.1) is 10.7 Å². The van der Waals surface area contributed by atoms with Crippen molar-refractivity contribution in [3.8, 4) is 11.5 Å². The molecular weight excluding hydrogens is 499 g/mol. The maximum atomic E-state index is 11.9. The second kappa shape index (κ2) is 8.66. The maximum absolute atomic E-state index is 11.9. The molecule has 0 atom stereocenters. The zero-order valence-electron chi connectivity index (χ0n) is 14.1. The minimum Gasteiger partial charge on any atom is -0.507 e. The quantitative estimate of drug-likeness (QED) is 0.355. The Labute approximate surface area is 168 Å². The molecule has 0 aromatic heterocycles. The summed E-state index contributed by atoms with van der Waals surface area (Å²) in [5.41, 5.74) is 5.75. The van der Waals surface area contributed by atoms with Gasteiger partial charge < -0.3 is 9.84 Å². The lowest BCUT2D eigenvalue weighted by molar-refractivity contribution is -0.123. The summed E-state index contributed by atoms with van der Waals surface area (Å²) in [6.07, 6.45) is 1.41. The summed E-state index contributed by atoms with van der Waals surface area (Å²) in [7, 11) is 0. The van der Waals surface area contributed by atoms with Crippen molar-refractivity contribution >= 4 is 50.6 Å². The van der Waals surface area contributed by atoms with Crippen molar-refractivity contribution < 1.29 is 14.6 Å². The summed E-state index contributed by atoms with van der Waals surface area (Å²) in [5.74, 6) is 0.398. The average Bonchev–Trinajstić information content (AvgIpc) is 2.50. The van der Waals surface area contributed by atoms with Crippen molar-refractivity contribution in [1.29, 1.82) is 0 Å². The third-order valence-electron chi connectivity index (χ3n) is 3.41. The fourth-order valence-electron chi connectivity index (χ4n) is 2.29. The highest BCUT2D eigenvalue weighted by Gasteiger charge is 2.09. The van der Waals surface area contributed by atoms with Crippen LogP contribution >= 0.6 is 38.5 Å². The summed E-state index contributed by atoms with van der Waals surface area (Å²) in [4.78, 5) is 11.9. The van der Waals surface area contributed by atoms with E-state index in [9.17, 15) is 9.90 Å². The Bertz CT molecular complexity index is 814. The van der Waals surface area contributed by atoms with Gasteiger partial charge in [-0.25, -0.2) is 5.43 Å². The number of amides is 1. The van der Waals surface area contributed by atoms with Crippen molar-refractivity contribution in [3.05, 3.63) is 54.6 Å². The number of ether oxygens (including phenoxy) is 1. The van der Waals surface area contributed by atoms with Gasteiger partial charge in [-0.2, -0.15) is 5.10 Å². The number of hydrogen-bond donors (Lipinski definition) is 2. The molecule has 25 heavy (non-hydrogen) atoms. The number of hydrazone groups is 1. The predicted molar refractivity (Wildman–Crippen MR) is 110 cm³/mol. The Kier molecular flexibility index (Phi) is 6.83. The standard InChI is InChI=1S/C18H18BrIN2O3/c1-10-4-12(3)18(15(19)5-10)25-9-16(23)22-21-8-13-7-14(20)6-11(2)17(13)24/h4-8,24H,9H2,1-3H3,(H,22,23). The van der Waals surface area contributed by atoms with E-state index in [1.807, 2.05) is 39.0 Å². The van der Waals surface area contributed by atoms with Crippen LogP contribution in [-0.2, 0) is 4.79 Å². The largest absolute Gasteiger partial charge is 0.507 e. The smallest absolute Gasteiger partial charge is 0.277 e. The fraction of sp³-hybridized carbons (Fsp3) is 0.222. The number of nitrogens with one attached hydrogen (secondary N) is 1. The molecule has 132 valence electrons. The third-order valence-corrected chi connectivity index (χ3v) is 4.62. The molecule has 2 rings (SSSR count). The second-order valence-electron chi connectivity index (χ2n) is 5.64. The fourth-order valence-corrected chi connectivity index (χ4v) is 3.88. The number of carbonyl (C=O) groups is 1. The molecule has 7 heteroatoms. The van der Waals surface area contributed by atoms with E-state index in [0.29, 0.717) is 11.3 Å². The second-order valence-corrected chi connectivity index (χ2v) is 7.74. The summed E-state index contributed by atoms with van der Waals surface area (Å²) < 4.78 is 7.35. The molecule has 0 bridgehead atoms. The first kappa shape index (κ1) is 19.7. The van der Waals surface area contributed by atoms with Crippen molar-refractivity contribution in [3.63, 3.8) is 0 Å². The van der Waals surface area contributed by atoms with E-state index in [0.717, 1.165) is 24.7 Å². The first-order chi connectivity index (χ1) is 11.8. The molecule has 1 amide bonds. The lowest BCUT2D eigenvalue weighted by Crippen LogP contribution is -2.24. The molecule has 0 fully saturated rings. The number of halogens is 2. The van der Waals surface area contributed by atoms with Crippen LogP contribution in [0, 0.1) is 24.3 Å². The van der Waals surface area contributed by atoms with Gasteiger partial charge >= 0.3 is 0 Å². The van der Waals surface area contributed by atoms with Crippen LogP contribution in [0.1, 0.15) is 22.3 Å². The Morgan fingerprint density at radius 3 is 2.68 bits per heavy atom. The van der Waals surface area contributed by atoms with E-state index in [4.69, 9.17) is 4.74 Å². The average molecular weight is 517 g/mol. The number of hydrogen-bond acceptors (Lipinski definition) is 4. The molecule has 0 spiro atoms. The van der Waals surface area contributed by atoms with E-state index in [1.165, 1.54) is 6.21 Å². The van der Waals surface area contributed by atoms with Crippen molar-refractivity contribution in [2.24, 2.45) is 5.10 Å². The van der Waals surface area contributed by atoms with Crippen molar-refractivity contribution in [1.82, 2.24) is 5.43 Å². The molecule has 0 saturated carbocycles. The summed E-state index contributed by atoms with van der Waals surface area (Å²) in [6, 6.07) is 7.56. The van der Waals surface area contributed by atoms with Crippen LogP contribution in [0.15, 0.2) is 33.8 Å². The molecule has 0 unspecified atom stereocenters. The van der Waals surface area contributed by atoms with Crippen LogP contribution in [0.4, 0.5) is 0 Å². The Balaban J connectivity index is 1.96. The van der Waals surface area contributed by atoms with Gasteiger partial charge in [0.15, 0.2) is 6.61 Å². The first-order valence-corrected chi connectivity index (χ1v) is 9.35. The molecule has 0 saturated heterocycles. The Morgan fingerprint density at radius 1 is 1.28 bits per heavy atom. The number of nitrogens with zero attached hydrogens (tertiary/aromatic N) is 1. The minimum absolute atomic E-state index is 0.147. The van der Waals surface area contributed by atoms with E-state index in [2.05, 4.69) is 49.0 Å². The topological polar surface area (TPSA) is 70.9 Å². The van der Waals surface area contributed by atoms with E-state index in [-0.39, 0.29) is 18.3 Å². The number of aromatic hydroxyl groups is 1. The van der Waals surface area contributed by atoms with Crippen LogP contribution in [0.25, 0.3) is 0 Å². The van der Waals surface area contributed by atoms with Crippen molar-refractivity contribution in [2.45, 2.75) is 20.8 Å². The monoisotopic (exact) mass is 516 g/mol. The lowest BCUT2D eigenvalue weighted by Gasteiger charge is -2.11. The summed E-state index contributed by atoms with van der Waals surface area (Å²) >= 11 is 5.59. The Morgan fingerprint density at radius 2 is 2.00 bits per heavy atom. The van der Waals surface area contributed by atoms with E-state index < -0.39 is 0 Å². The summed E-state index contributed by atoms with van der Waals surface area (Å²) in [6.45, 7) is 5.57. The maximum Gasteiger partial charge on any atom is 0.277 e. The molecule has 2 aromatic carbocycles. The van der Waals surface area contributed by atoms with Crippen LogP contribution < -0.4 is 10.2 Å². The van der Waals surface area contributed by atoms with Gasteiger partial charge in [0.1, 0.15) is 11.5 Å². The van der Waals surface area contributed by atoms with Gasteiger partial charge in [-0.1, -0.05) is 6.07 Å². The molecule has 5 nitrogen and oxygen atoms in total. The minimum atomic E-state index is -0.384. The van der Waals surface area contributed by atoms with Gasteiger partial charge in [0, 0.05) is 9.13 Å². The first-order valence-electron chi connectivity index (χ1n) is 7.48. The molecule has 0 aliphatic rings.